The Kier molecular flexibility index (Phi) is 8.64. The van der Waals surface area contributed by atoms with E-state index < -0.39 is 0 Å². The van der Waals surface area contributed by atoms with Crippen LogP contribution in [-0.4, -0.2) is 13.2 Å². The van der Waals surface area contributed by atoms with E-state index in [0.29, 0.717) is 29.7 Å². The topological polar surface area (TPSA) is 30.5 Å². The van der Waals surface area contributed by atoms with E-state index in [1.807, 2.05) is 26.0 Å². The monoisotopic (exact) mass is 361 g/mol. The average molecular weight is 362 g/mol. The molecular formula is C16H21Cl2NO2S. The smallest absolute Gasteiger partial charge is 0.179 e. The summed E-state index contributed by atoms with van der Waals surface area (Å²) in [5.74, 6) is 1.34. The van der Waals surface area contributed by atoms with Crippen LogP contribution in [0.4, 0.5) is 0 Å². The van der Waals surface area contributed by atoms with Gasteiger partial charge in [0.15, 0.2) is 11.5 Å². The van der Waals surface area contributed by atoms with Crippen LogP contribution in [0.2, 0.25) is 5.02 Å². The van der Waals surface area contributed by atoms with Crippen molar-refractivity contribution in [1.29, 1.82) is 0 Å². The maximum Gasteiger partial charge on any atom is 0.179 e. The second kappa shape index (κ2) is 9.95. The molecule has 0 spiro atoms. The maximum absolute atomic E-state index is 6.30. The second-order valence-corrected chi connectivity index (χ2v) is 5.89. The fourth-order valence-electron chi connectivity index (χ4n) is 2.01. The number of hydrogen-bond donors (Lipinski definition) is 1. The van der Waals surface area contributed by atoms with Crippen molar-refractivity contribution < 1.29 is 9.47 Å². The molecule has 6 heteroatoms. The Morgan fingerprint density at radius 3 is 2.55 bits per heavy atom. The molecule has 0 aliphatic carbocycles. The van der Waals surface area contributed by atoms with E-state index >= 15 is 0 Å². The van der Waals surface area contributed by atoms with Crippen molar-refractivity contribution in [2.24, 2.45) is 0 Å². The molecular weight excluding hydrogens is 341 g/mol. The van der Waals surface area contributed by atoms with Gasteiger partial charge in [0.05, 0.1) is 18.2 Å². The lowest BCUT2D eigenvalue weighted by atomic mass is 10.2. The Hall–Kier alpha value is -0.940. The lowest BCUT2D eigenvalue weighted by Gasteiger charge is -2.14. The van der Waals surface area contributed by atoms with E-state index in [0.717, 1.165) is 18.7 Å². The Balaban J connectivity index is 0.00000242. The number of benzene rings is 1. The predicted molar refractivity (Wildman–Crippen MR) is 95.9 cm³/mol. The van der Waals surface area contributed by atoms with E-state index in [2.05, 4.69) is 22.8 Å². The van der Waals surface area contributed by atoms with Gasteiger partial charge in [-0.2, -0.15) is 0 Å². The van der Waals surface area contributed by atoms with Crippen LogP contribution in [0.15, 0.2) is 29.6 Å². The zero-order valence-electron chi connectivity index (χ0n) is 12.7. The van der Waals surface area contributed by atoms with Gasteiger partial charge in [-0.3, -0.25) is 0 Å². The lowest BCUT2D eigenvalue weighted by molar-refractivity contribution is 0.287. The Morgan fingerprint density at radius 2 is 1.91 bits per heavy atom. The van der Waals surface area contributed by atoms with Crippen LogP contribution in [0.25, 0.3) is 0 Å². The Bertz CT molecular complexity index is 562. The number of ether oxygens (including phenoxy) is 2. The van der Waals surface area contributed by atoms with Crippen molar-refractivity contribution in [1.82, 2.24) is 5.32 Å². The van der Waals surface area contributed by atoms with E-state index in [1.165, 1.54) is 4.88 Å². The molecule has 1 aromatic carbocycles. The van der Waals surface area contributed by atoms with Crippen LogP contribution in [0, 0.1) is 0 Å². The SMILES string of the molecule is CCOc1cc(CNCc2cccs2)cc(Cl)c1OCC.Cl. The van der Waals surface area contributed by atoms with Gasteiger partial charge in [-0.1, -0.05) is 17.7 Å². The van der Waals surface area contributed by atoms with E-state index in [-0.39, 0.29) is 12.4 Å². The van der Waals surface area contributed by atoms with Gasteiger partial charge >= 0.3 is 0 Å². The van der Waals surface area contributed by atoms with Crippen LogP contribution in [-0.2, 0) is 13.1 Å². The molecule has 0 bridgehead atoms. The molecule has 2 aromatic rings. The third-order valence-corrected chi connectivity index (χ3v) is 4.02. The lowest BCUT2D eigenvalue weighted by Crippen LogP contribution is -2.12. The highest BCUT2D eigenvalue weighted by atomic mass is 35.5. The minimum absolute atomic E-state index is 0. The van der Waals surface area contributed by atoms with Crippen molar-refractivity contribution in [2.75, 3.05) is 13.2 Å². The standard InChI is InChI=1S/C16H20ClNO2S.ClH/c1-3-19-15-9-12(8-14(17)16(15)20-4-2)10-18-11-13-6-5-7-21-13;/h5-9,18H,3-4,10-11H2,1-2H3;1H. The summed E-state index contributed by atoms with van der Waals surface area (Å²) in [5, 5.41) is 6.08. The maximum atomic E-state index is 6.30. The van der Waals surface area contributed by atoms with Crippen molar-refractivity contribution in [2.45, 2.75) is 26.9 Å². The summed E-state index contributed by atoms with van der Waals surface area (Å²) in [6, 6.07) is 8.09. The predicted octanol–water partition coefficient (Wildman–Crippen LogP) is 4.91. The van der Waals surface area contributed by atoms with Gasteiger partial charge in [0.25, 0.3) is 0 Å². The molecule has 2 rings (SSSR count). The molecule has 0 saturated heterocycles. The molecule has 0 amide bonds. The largest absolute Gasteiger partial charge is 0.490 e. The summed E-state index contributed by atoms with van der Waals surface area (Å²) in [6.07, 6.45) is 0. The summed E-state index contributed by atoms with van der Waals surface area (Å²) in [6.45, 7) is 6.63. The van der Waals surface area contributed by atoms with Gasteiger partial charge in [-0.25, -0.2) is 0 Å². The number of rotatable bonds is 8. The van der Waals surface area contributed by atoms with Crippen molar-refractivity contribution in [3.05, 3.63) is 45.1 Å². The molecule has 0 saturated carbocycles. The average Bonchev–Trinajstić information content (AvgIpc) is 2.96. The van der Waals surface area contributed by atoms with Gasteiger partial charge < -0.3 is 14.8 Å². The van der Waals surface area contributed by atoms with E-state index in [4.69, 9.17) is 21.1 Å². The highest BCUT2D eigenvalue weighted by molar-refractivity contribution is 7.09. The Labute approximate surface area is 147 Å². The number of hydrogen-bond acceptors (Lipinski definition) is 4. The fourth-order valence-corrected chi connectivity index (χ4v) is 2.98. The summed E-state index contributed by atoms with van der Waals surface area (Å²) in [4.78, 5) is 1.32. The minimum Gasteiger partial charge on any atom is -0.490 e. The van der Waals surface area contributed by atoms with Crippen LogP contribution >= 0.6 is 35.3 Å². The molecule has 1 N–H and O–H groups in total. The zero-order valence-corrected chi connectivity index (χ0v) is 15.1. The van der Waals surface area contributed by atoms with Crippen molar-refractivity contribution >= 4 is 35.3 Å². The summed E-state index contributed by atoms with van der Waals surface area (Å²) >= 11 is 8.05. The molecule has 0 aliphatic heterocycles. The Morgan fingerprint density at radius 1 is 1.14 bits per heavy atom. The summed E-state index contributed by atoms with van der Waals surface area (Å²) in [7, 11) is 0. The molecule has 0 fully saturated rings. The number of thiophene rings is 1. The van der Waals surface area contributed by atoms with E-state index in [9.17, 15) is 0 Å². The van der Waals surface area contributed by atoms with Crippen molar-refractivity contribution in [3.63, 3.8) is 0 Å². The molecule has 1 aromatic heterocycles. The second-order valence-electron chi connectivity index (χ2n) is 4.45. The third-order valence-electron chi connectivity index (χ3n) is 2.87. The first-order valence-electron chi connectivity index (χ1n) is 7.05. The first-order chi connectivity index (χ1) is 10.2. The van der Waals surface area contributed by atoms with Crippen LogP contribution in [0.1, 0.15) is 24.3 Å². The highest BCUT2D eigenvalue weighted by Crippen LogP contribution is 2.36. The van der Waals surface area contributed by atoms with Crippen molar-refractivity contribution in [3.8, 4) is 11.5 Å². The molecule has 3 nitrogen and oxygen atoms in total. The molecule has 0 radical (unpaired) electrons. The van der Waals surface area contributed by atoms with Gasteiger partial charge in [0.2, 0.25) is 0 Å². The number of halogens is 2. The highest BCUT2D eigenvalue weighted by Gasteiger charge is 2.12. The first-order valence-corrected chi connectivity index (χ1v) is 8.31. The van der Waals surface area contributed by atoms with Gasteiger partial charge in [0, 0.05) is 18.0 Å². The van der Waals surface area contributed by atoms with Gasteiger partial charge in [0.1, 0.15) is 0 Å². The molecule has 0 aliphatic rings. The minimum atomic E-state index is 0. The van der Waals surface area contributed by atoms with E-state index in [1.54, 1.807) is 11.3 Å². The zero-order chi connectivity index (χ0) is 15.1. The van der Waals surface area contributed by atoms with Gasteiger partial charge in [-0.15, -0.1) is 23.7 Å². The third kappa shape index (κ3) is 5.36. The summed E-state index contributed by atoms with van der Waals surface area (Å²) in [5.41, 5.74) is 1.09. The first kappa shape index (κ1) is 19.1. The molecule has 0 atom stereocenters. The molecule has 22 heavy (non-hydrogen) atoms. The molecule has 0 unspecified atom stereocenters. The van der Waals surface area contributed by atoms with Crippen LogP contribution < -0.4 is 14.8 Å². The molecule has 122 valence electrons. The van der Waals surface area contributed by atoms with Crippen LogP contribution in [0.3, 0.4) is 0 Å². The normalized spacial score (nSPS) is 10.1. The van der Waals surface area contributed by atoms with Crippen LogP contribution in [0.5, 0.6) is 11.5 Å². The molecule has 1 heterocycles. The van der Waals surface area contributed by atoms with Gasteiger partial charge in [-0.05, 0) is 43.0 Å². The fraction of sp³-hybridized carbons (Fsp3) is 0.375. The quantitative estimate of drug-likeness (QED) is 0.724. The summed E-state index contributed by atoms with van der Waals surface area (Å²) < 4.78 is 11.2. The number of nitrogens with one attached hydrogen (secondary N) is 1.